The molecule has 4 N–H and O–H groups in total. The minimum Gasteiger partial charge on any atom is -0.359 e. The zero-order chi connectivity index (χ0) is 23.9. The predicted octanol–water partition coefficient (Wildman–Crippen LogP) is 4.38. The first-order valence-corrected chi connectivity index (χ1v) is 11.2. The summed E-state index contributed by atoms with van der Waals surface area (Å²) in [5.41, 5.74) is 1.44. The van der Waals surface area contributed by atoms with Gasteiger partial charge < -0.3 is 16.0 Å². The maximum absolute atomic E-state index is 13.6. The maximum atomic E-state index is 13.6. The third-order valence-corrected chi connectivity index (χ3v) is 5.88. The Hall–Kier alpha value is -4.07. The van der Waals surface area contributed by atoms with E-state index < -0.39 is 5.82 Å². The molecular formula is C26H26FN5O2. The number of amidine groups is 1. The highest BCUT2D eigenvalue weighted by atomic mass is 19.1. The molecule has 0 spiro atoms. The summed E-state index contributed by atoms with van der Waals surface area (Å²) < 4.78 is 13.6. The first-order valence-electron chi connectivity index (χ1n) is 11.2. The third-order valence-electron chi connectivity index (χ3n) is 5.88. The van der Waals surface area contributed by atoms with E-state index in [1.165, 1.54) is 18.3 Å². The highest BCUT2D eigenvalue weighted by molar-refractivity contribution is 6.03. The molecule has 3 aromatic rings. The molecule has 1 heterocycles. The average molecular weight is 460 g/mol. The Labute approximate surface area is 197 Å². The molecule has 1 aliphatic rings. The van der Waals surface area contributed by atoms with Crippen molar-refractivity contribution in [3.8, 4) is 0 Å². The van der Waals surface area contributed by atoms with Crippen LogP contribution in [0.15, 0.2) is 72.9 Å². The number of anilines is 1. The Morgan fingerprint density at radius 3 is 2.50 bits per heavy atom. The van der Waals surface area contributed by atoms with Gasteiger partial charge in [0.2, 0.25) is 5.91 Å². The summed E-state index contributed by atoms with van der Waals surface area (Å²) in [4.78, 5) is 29.6. The molecule has 0 radical (unpaired) electrons. The van der Waals surface area contributed by atoms with Gasteiger partial charge in [0, 0.05) is 23.5 Å². The standard InChI is InChI=1S/C26H26FN5O2/c27-20-6-2-4-8-22(20)29-16-15-24(28)32-25(33)18-9-12-19(13-10-18)30-26(34)23-14-11-17-5-1-3-7-21(17)31-23/h1-8,11,14-16,18-19,29H,9-10,12-13H2,(H,30,34)(H2,28,32,33)/b16-15-. The summed E-state index contributed by atoms with van der Waals surface area (Å²) >= 11 is 0. The molecule has 1 aromatic heterocycles. The summed E-state index contributed by atoms with van der Waals surface area (Å²) in [6.45, 7) is 0. The van der Waals surface area contributed by atoms with Crippen LogP contribution in [0, 0.1) is 17.1 Å². The second-order valence-electron chi connectivity index (χ2n) is 8.27. The summed E-state index contributed by atoms with van der Waals surface area (Å²) in [6, 6.07) is 17.4. The monoisotopic (exact) mass is 459 g/mol. The van der Waals surface area contributed by atoms with Gasteiger partial charge in [-0.1, -0.05) is 36.4 Å². The molecule has 0 atom stereocenters. The molecule has 1 saturated carbocycles. The number of nitrogens with zero attached hydrogens (tertiary/aromatic N) is 1. The maximum Gasteiger partial charge on any atom is 0.270 e. The normalized spacial score (nSPS) is 17.9. The van der Waals surface area contributed by atoms with Gasteiger partial charge in [-0.15, -0.1) is 0 Å². The van der Waals surface area contributed by atoms with Crippen molar-refractivity contribution in [3.05, 3.63) is 84.5 Å². The number of aromatic nitrogens is 1. The van der Waals surface area contributed by atoms with Crippen LogP contribution < -0.4 is 16.0 Å². The number of fused-ring (bicyclic) bond motifs is 1. The van der Waals surface area contributed by atoms with Gasteiger partial charge in [-0.3, -0.25) is 15.0 Å². The zero-order valence-corrected chi connectivity index (χ0v) is 18.6. The van der Waals surface area contributed by atoms with E-state index in [9.17, 15) is 14.0 Å². The Balaban J connectivity index is 1.22. The fourth-order valence-corrected chi connectivity index (χ4v) is 4.02. The fourth-order valence-electron chi connectivity index (χ4n) is 4.02. The number of amides is 2. The van der Waals surface area contributed by atoms with E-state index in [4.69, 9.17) is 5.41 Å². The quantitative estimate of drug-likeness (QED) is 0.324. The highest BCUT2D eigenvalue weighted by Gasteiger charge is 2.27. The highest BCUT2D eigenvalue weighted by Crippen LogP contribution is 2.25. The van der Waals surface area contributed by atoms with Crippen molar-refractivity contribution in [1.29, 1.82) is 5.41 Å². The van der Waals surface area contributed by atoms with Gasteiger partial charge in [0.25, 0.3) is 5.91 Å². The van der Waals surface area contributed by atoms with Gasteiger partial charge in [0.05, 0.1) is 11.2 Å². The summed E-state index contributed by atoms with van der Waals surface area (Å²) in [6.07, 6.45) is 5.37. The molecule has 2 amide bonds. The average Bonchev–Trinajstić information content (AvgIpc) is 2.85. The molecule has 174 valence electrons. The van der Waals surface area contributed by atoms with Crippen LogP contribution in [0.2, 0.25) is 0 Å². The van der Waals surface area contributed by atoms with E-state index >= 15 is 0 Å². The lowest BCUT2D eigenvalue weighted by atomic mass is 9.85. The number of para-hydroxylation sites is 2. The van der Waals surface area contributed by atoms with Gasteiger partial charge >= 0.3 is 0 Å². The van der Waals surface area contributed by atoms with Crippen LogP contribution >= 0.6 is 0 Å². The van der Waals surface area contributed by atoms with Crippen molar-refractivity contribution in [1.82, 2.24) is 15.6 Å². The predicted molar refractivity (Wildman–Crippen MR) is 130 cm³/mol. The van der Waals surface area contributed by atoms with E-state index in [2.05, 4.69) is 20.9 Å². The lowest BCUT2D eigenvalue weighted by Crippen LogP contribution is -2.42. The van der Waals surface area contributed by atoms with Crippen LogP contribution in [-0.4, -0.2) is 28.7 Å². The Morgan fingerprint density at radius 2 is 1.71 bits per heavy atom. The van der Waals surface area contributed by atoms with Crippen LogP contribution in [0.5, 0.6) is 0 Å². The van der Waals surface area contributed by atoms with E-state index in [-0.39, 0.29) is 35.3 Å². The summed E-state index contributed by atoms with van der Waals surface area (Å²) in [7, 11) is 0. The van der Waals surface area contributed by atoms with Crippen molar-refractivity contribution < 1.29 is 14.0 Å². The lowest BCUT2D eigenvalue weighted by Gasteiger charge is -2.28. The van der Waals surface area contributed by atoms with Gasteiger partial charge in [-0.25, -0.2) is 9.37 Å². The number of pyridine rings is 1. The summed E-state index contributed by atoms with van der Waals surface area (Å²) in [5.74, 6) is -1.13. The lowest BCUT2D eigenvalue weighted by molar-refractivity contribution is -0.124. The topological polar surface area (TPSA) is 107 Å². The minimum absolute atomic E-state index is 0.0193. The molecule has 34 heavy (non-hydrogen) atoms. The number of rotatable bonds is 6. The number of carbonyl (C=O) groups excluding carboxylic acids is 2. The molecule has 0 saturated heterocycles. The zero-order valence-electron chi connectivity index (χ0n) is 18.6. The number of halogens is 1. The van der Waals surface area contributed by atoms with Crippen LogP contribution in [0.25, 0.3) is 10.9 Å². The van der Waals surface area contributed by atoms with Gasteiger partial charge in [0.1, 0.15) is 17.3 Å². The molecule has 0 aliphatic heterocycles. The van der Waals surface area contributed by atoms with Crippen molar-refractivity contribution >= 4 is 34.2 Å². The number of nitrogens with one attached hydrogen (secondary N) is 4. The van der Waals surface area contributed by atoms with Gasteiger partial charge in [0.15, 0.2) is 0 Å². The van der Waals surface area contributed by atoms with Crippen LogP contribution in [0.3, 0.4) is 0 Å². The van der Waals surface area contributed by atoms with Crippen molar-refractivity contribution in [2.75, 3.05) is 5.32 Å². The van der Waals surface area contributed by atoms with Crippen LogP contribution in [0.4, 0.5) is 10.1 Å². The Bertz CT molecular complexity index is 1230. The first kappa shape index (κ1) is 23.1. The largest absolute Gasteiger partial charge is 0.359 e. The molecular weight excluding hydrogens is 433 g/mol. The van der Waals surface area contributed by atoms with Crippen LogP contribution in [0.1, 0.15) is 36.2 Å². The van der Waals surface area contributed by atoms with Crippen molar-refractivity contribution in [2.24, 2.45) is 5.92 Å². The van der Waals surface area contributed by atoms with Gasteiger partial charge in [-0.2, -0.15) is 0 Å². The third kappa shape index (κ3) is 5.83. The number of hydrogen-bond acceptors (Lipinski definition) is 5. The molecule has 1 fully saturated rings. The molecule has 1 aliphatic carbocycles. The van der Waals surface area contributed by atoms with E-state index in [1.54, 1.807) is 24.3 Å². The van der Waals surface area contributed by atoms with Gasteiger partial charge in [-0.05, 0) is 56.0 Å². The Morgan fingerprint density at radius 1 is 0.971 bits per heavy atom. The Kier molecular flexibility index (Phi) is 7.27. The van der Waals surface area contributed by atoms with E-state index in [0.29, 0.717) is 31.4 Å². The van der Waals surface area contributed by atoms with E-state index in [1.807, 2.05) is 30.3 Å². The minimum atomic E-state index is -0.400. The van der Waals surface area contributed by atoms with E-state index in [0.717, 1.165) is 10.9 Å². The van der Waals surface area contributed by atoms with Crippen molar-refractivity contribution in [2.45, 2.75) is 31.7 Å². The number of benzene rings is 2. The second kappa shape index (κ2) is 10.7. The SMILES string of the molecule is N=C(/C=C\Nc1ccccc1F)NC(=O)C1CCC(NC(=O)c2ccc3ccccc3n2)CC1. The van der Waals surface area contributed by atoms with Crippen molar-refractivity contribution in [3.63, 3.8) is 0 Å². The molecule has 4 rings (SSSR count). The van der Waals surface area contributed by atoms with Crippen LogP contribution in [-0.2, 0) is 4.79 Å². The molecule has 7 nitrogen and oxygen atoms in total. The number of carbonyl (C=O) groups is 2. The first-order chi connectivity index (χ1) is 16.5. The number of hydrogen-bond donors (Lipinski definition) is 4. The molecule has 0 unspecified atom stereocenters. The molecule has 8 heteroatoms. The molecule has 0 bridgehead atoms. The smallest absolute Gasteiger partial charge is 0.270 e. The second-order valence-corrected chi connectivity index (χ2v) is 8.27. The summed E-state index contributed by atoms with van der Waals surface area (Å²) in [5, 5.41) is 17.3. The molecule has 2 aromatic carbocycles. The fraction of sp³-hybridized carbons (Fsp3) is 0.231.